The molecule has 0 radical (unpaired) electrons. The molecular weight excluding hydrogens is 198 g/mol. The monoisotopic (exact) mass is 217 g/mol. The van der Waals surface area contributed by atoms with Crippen molar-refractivity contribution in [1.29, 1.82) is 0 Å². The summed E-state index contributed by atoms with van der Waals surface area (Å²) in [6, 6.07) is 8.27. The molecule has 1 unspecified atom stereocenters. The van der Waals surface area contributed by atoms with Crippen molar-refractivity contribution in [3.63, 3.8) is 0 Å². The van der Waals surface area contributed by atoms with Crippen LogP contribution >= 0.6 is 0 Å². The van der Waals surface area contributed by atoms with E-state index >= 15 is 0 Å². The number of aryl methyl sites for hydroxylation is 1. The maximum absolute atomic E-state index is 6.16. The van der Waals surface area contributed by atoms with Crippen molar-refractivity contribution in [3.05, 3.63) is 35.6 Å². The zero-order chi connectivity index (χ0) is 11.7. The van der Waals surface area contributed by atoms with Gasteiger partial charge in [-0.3, -0.25) is 0 Å². The van der Waals surface area contributed by atoms with Crippen molar-refractivity contribution < 1.29 is 4.42 Å². The molecule has 0 aliphatic heterocycles. The third-order valence-corrected chi connectivity index (χ3v) is 3.28. The Morgan fingerprint density at radius 2 is 2.06 bits per heavy atom. The van der Waals surface area contributed by atoms with Crippen LogP contribution in [0.3, 0.4) is 0 Å². The summed E-state index contributed by atoms with van der Waals surface area (Å²) in [7, 11) is 0. The first kappa shape index (κ1) is 11.2. The smallest absolute Gasteiger partial charge is 0.134 e. The Kier molecular flexibility index (Phi) is 3.01. The molecule has 2 aromatic rings. The third-order valence-electron chi connectivity index (χ3n) is 3.28. The summed E-state index contributed by atoms with van der Waals surface area (Å²) in [5.74, 6) is 1.34. The summed E-state index contributed by atoms with van der Waals surface area (Å²) in [5, 5.41) is 1.15. The van der Waals surface area contributed by atoms with Crippen LogP contribution in [0.5, 0.6) is 0 Å². The maximum atomic E-state index is 6.16. The number of fused-ring (bicyclic) bond motifs is 1. The Labute approximate surface area is 96.4 Å². The molecule has 1 aromatic heterocycles. The van der Waals surface area contributed by atoms with Crippen LogP contribution in [0, 0.1) is 12.8 Å². The van der Waals surface area contributed by atoms with Crippen molar-refractivity contribution in [3.8, 4) is 0 Å². The van der Waals surface area contributed by atoms with Gasteiger partial charge in [0.2, 0.25) is 0 Å². The average molecular weight is 217 g/mol. The molecule has 0 aliphatic rings. The maximum Gasteiger partial charge on any atom is 0.134 e. The zero-order valence-electron chi connectivity index (χ0n) is 10.2. The summed E-state index contributed by atoms with van der Waals surface area (Å²) in [6.45, 7) is 6.39. The van der Waals surface area contributed by atoms with Gasteiger partial charge < -0.3 is 10.2 Å². The molecule has 2 nitrogen and oxygen atoms in total. The topological polar surface area (TPSA) is 39.2 Å². The van der Waals surface area contributed by atoms with Crippen LogP contribution in [0.2, 0.25) is 0 Å². The van der Waals surface area contributed by atoms with Gasteiger partial charge in [-0.25, -0.2) is 0 Å². The Balaban J connectivity index is 2.39. The van der Waals surface area contributed by atoms with Gasteiger partial charge in [-0.05, 0) is 31.0 Å². The zero-order valence-corrected chi connectivity index (χ0v) is 10.2. The van der Waals surface area contributed by atoms with E-state index in [1.807, 2.05) is 6.07 Å². The van der Waals surface area contributed by atoms with Crippen LogP contribution in [-0.4, -0.2) is 0 Å². The highest BCUT2D eigenvalue weighted by molar-refractivity contribution is 5.78. The van der Waals surface area contributed by atoms with Crippen molar-refractivity contribution in [2.45, 2.75) is 33.2 Å². The molecule has 2 heteroatoms. The standard InChI is InChI=1S/C14H19NO/c1-4-10(3)14(15)13-8-11-7-9(2)5-6-12(11)16-13/h5-8,10,14H,4,15H2,1-3H3/t10?,14-/m1/s1. The Bertz CT molecular complexity index is 486. The van der Waals surface area contributed by atoms with Crippen molar-refractivity contribution in [2.24, 2.45) is 11.7 Å². The van der Waals surface area contributed by atoms with Gasteiger partial charge in [0, 0.05) is 5.39 Å². The molecule has 1 heterocycles. The molecule has 2 atom stereocenters. The number of hydrogen-bond donors (Lipinski definition) is 1. The van der Waals surface area contributed by atoms with E-state index in [4.69, 9.17) is 10.2 Å². The minimum atomic E-state index is -0.00212. The first-order valence-electron chi connectivity index (χ1n) is 5.87. The number of benzene rings is 1. The summed E-state index contributed by atoms with van der Waals surface area (Å²) < 4.78 is 5.78. The van der Waals surface area contributed by atoms with Crippen LogP contribution < -0.4 is 5.73 Å². The van der Waals surface area contributed by atoms with Gasteiger partial charge in [0.15, 0.2) is 0 Å². The highest BCUT2D eigenvalue weighted by Crippen LogP contribution is 2.28. The van der Waals surface area contributed by atoms with Crippen molar-refractivity contribution >= 4 is 11.0 Å². The second kappa shape index (κ2) is 4.30. The molecule has 0 aliphatic carbocycles. The molecule has 0 bridgehead atoms. The molecule has 16 heavy (non-hydrogen) atoms. The van der Waals surface area contributed by atoms with E-state index in [0.29, 0.717) is 5.92 Å². The SMILES string of the molecule is CCC(C)[C@@H](N)c1cc2cc(C)ccc2o1. The van der Waals surface area contributed by atoms with E-state index in [1.165, 1.54) is 5.56 Å². The minimum absolute atomic E-state index is 0.00212. The summed E-state index contributed by atoms with van der Waals surface area (Å²) >= 11 is 0. The fraction of sp³-hybridized carbons (Fsp3) is 0.429. The molecule has 0 saturated carbocycles. The predicted octanol–water partition coefficient (Wildman–Crippen LogP) is 3.79. The van der Waals surface area contributed by atoms with Gasteiger partial charge in [-0.15, -0.1) is 0 Å². The summed E-state index contributed by atoms with van der Waals surface area (Å²) in [5.41, 5.74) is 8.33. The Hall–Kier alpha value is -1.28. The summed E-state index contributed by atoms with van der Waals surface area (Å²) in [6.07, 6.45) is 1.07. The fourth-order valence-electron chi connectivity index (χ4n) is 1.88. The van der Waals surface area contributed by atoms with E-state index in [-0.39, 0.29) is 6.04 Å². The number of hydrogen-bond acceptors (Lipinski definition) is 2. The highest BCUT2D eigenvalue weighted by atomic mass is 16.3. The number of furan rings is 1. The molecule has 0 spiro atoms. The van der Waals surface area contributed by atoms with Crippen LogP contribution in [0.25, 0.3) is 11.0 Å². The average Bonchev–Trinajstić information content (AvgIpc) is 2.69. The molecule has 2 rings (SSSR count). The molecule has 0 fully saturated rings. The Morgan fingerprint density at radius 3 is 2.75 bits per heavy atom. The van der Waals surface area contributed by atoms with Gasteiger partial charge in [0.25, 0.3) is 0 Å². The Morgan fingerprint density at radius 1 is 1.31 bits per heavy atom. The molecule has 2 N–H and O–H groups in total. The van der Waals surface area contributed by atoms with E-state index in [0.717, 1.165) is 23.2 Å². The van der Waals surface area contributed by atoms with Crippen molar-refractivity contribution in [2.75, 3.05) is 0 Å². The number of nitrogens with two attached hydrogens (primary N) is 1. The quantitative estimate of drug-likeness (QED) is 0.849. The largest absolute Gasteiger partial charge is 0.459 e. The molecule has 86 valence electrons. The first-order valence-corrected chi connectivity index (χ1v) is 5.87. The second-order valence-electron chi connectivity index (χ2n) is 4.60. The lowest BCUT2D eigenvalue weighted by molar-refractivity contribution is 0.388. The van der Waals surface area contributed by atoms with Crippen LogP contribution in [0.1, 0.15) is 37.6 Å². The highest BCUT2D eigenvalue weighted by Gasteiger charge is 2.17. The second-order valence-corrected chi connectivity index (χ2v) is 4.60. The van der Waals surface area contributed by atoms with Gasteiger partial charge in [-0.2, -0.15) is 0 Å². The molecule has 0 saturated heterocycles. The van der Waals surface area contributed by atoms with E-state index in [2.05, 4.69) is 39.0 Å². The van der Waals surface area contributed by atoms with Crippen LogP contribution in [0.15, 0.2) is 28.7 Å². The fourth-order valence-corrected chi connectivity index (χ4v) is 1.88. The molecule has 0 amide bonds. The predicted molar refractivity (Wildman–Crippen MR) is 67.3 cm³/mol. The van der Waals surface area contributed by atoms with Gasteiger partial charge in [0.05, 0.1) is 6.04 Å². The lowest BCUT2D eigenvalue weighted by Gasteiger charge is -2.15. The number of rotatable bonds is 3. The summed E-state index contributed by atoms with van der Waals surface area (Å²) in [4.78, 5) is 0. The van der Waals surface area contributed by atoms with Gasteiger partial charge >= 0.3 is 0 Å². The lowest BCUT2D eigenvalue weighted by Crippen LogP contribution is -2.17. The van der Waals surface area contributed by atoms with E-state index in [9.17, 15) is 0 Å². The van der Waals surface area contributed by atoms with E-state index < -0.39 is 0 Å². The first-order chi connectivity index (χ1) is 7.61. The molecular formula is C14H19NO. The normalized spacial score (nSPS) is 15.2. The van der Waals surface area contributed by atoms with Crippen LogP contribution in [0.4, 0.5) is 0 Å². The lowest BCUT2D eigenvalue weighted by atomic mass is 9.98. The molecule has 1 aromatic carbocycles. The van der Waals surface area contributed by atoms with Gasteiger partial charge in [0.1, 0.15) is 11.3 Å². The van der Waals surface area contributed by atoms with Gasteiger partial charge in [-0.1, -0.05) is 31.9 Å². The van der Waals surface area contributed by atoms with E-state index in [1.54, 1.807) is 0 Å². The third kappa shape index (κ3) is 1.98. The minimum Gasteiger partial charge on any atom is -0.459 e. The van der Waals surface area contributed by atoms with Crippen molar-refractivity contribution in [1.82, 2.24) is 0 Å². The van der Waals surface area contributed by atoms with Crippen LogP contribution in [-0.2, 0) is 0 Å².